The molecule has 1 aliphatic rings. The Kier molecular flexibility index (Phi) is 5.06. The fourth-order valence-corrected chi connectivity index (χ4v) is 3.63. The number of nitrogens with zero attached hydrogens (tertiary/aromatic N) is 3. The predicted molar refractivity (Wildman–Crippen MR) is 114 cm³/mol. The Balaban J connectivity index is 1.36. The molecule has 0 fully saturated rings. The second kappa shape index (κ2) is 8.31. The van der Waals surface area contributed by atoms with E-state index in [1.165, 1.54) is 6.39 Å². The van der Waals surface area contributed by atoms with Gasteiger partial charge in [-0.3, -0.25) is 9.69 Å². The van der Waals surface area contributed by atoms with Gasteiger partial charge in [-0.15, -0.1) is 10.2 Å². The molecule has 3 aromatic carbocycles. The molecule has 0 saturated heterocycles. The van der Waals surface area contributed by atoms with Crippen molar-refractivity contribution in [2.45, 2.75) is 6.04 Å². The van der Waals surface area contributed by atoms with Crippen LogP contribution in [0, 0.1) is 0 Å². The van der Waals surface area contributed by atoms with Gasteiger partial charge in [-0.25, -0.2) is 0 Å². The molecule has 31 heavy (non-hydrogen) atoms. The van der Waals surface area contributed by atoms with Crippen molar-refractivity contribution in [3.05, 3.63) is 90.8 Å². The van der Waals surface area contributed by atoms with Crippen molar-refractivity contribution in [3.63, 3.8) is 0 Å². The Labute approximate surface area is 178 Å². The zero-order chi connectivity index (χ0) is 21.0. The van der Waals surface area contributed by atoms with Crippen molar-refractivity contribution < 1.29 is 18.7 Å². The molecule has 0 spiro atoms. The highest BCUT2D eigenvalue weighted by Crippen LogP contribution is 2.39. The van der Waals surface area contributed by atoms with E-state index in [2.05, 4.69) is 10.2 Å². The Morgan fingerprint density at radius 2 is 1.77 bits per heavy atom. The molecule has 0 N–H and O–H groups in total. The van der Waals surface area contributed by atoms with Crippen LogP contribution in [0.15, 0.2) is 89.7 Å². The minimum atomic E-state index is -0.230. The molecular weight excluding hydrogens is 394 g/mol. The van der Waals surface area contributed by atoms with Gasteiger partial charge in [0.05, 0.1) is 11.7 Å². The second-order valence-corrected chi connectivity index (χ2v) is 7.03. The summed E-state index contributed by atoms with van der Waals surface area (Å²) in [6, 6.07) is 24.4. The van der Waals surface area contributed by atoms with E-state index >= 15 is 0 Å². The Hall–Kier alpha value is -4.13. The van der Waals surface area contributed by atoms with Gasteiger partial charge in [-0.05, 0) is 42.0 Å². The lowest BCUT2D eigenvalue weighted by atomic mass is 10.0. The van der Waals surface area contributed by atoms with Crippen LogP contribution in [0.4, 0.5) is 5.69 Å². The maximum absolute atomic E-state index is 13.3. The lowest BCUT2D eigenvalue weighted by Crippen LogP contribution is -2.43. The predicted octanol–water partition coefficient (Wildman–Crippen LogP) is 4.28. The van der Waals surface area contributed by atoms with Crippen LogP contribution >= 0.6 is 0 Å². The molecule has 154 valence electrons. The zero-order valence-corrected chi connectivity index (χ0v) is 16.5. The number of benzene rings is 3. The van der Waals surface area contributed by atoms with Crippen molar-refractivity contribution in [1.29, 1.82) is 0 Å². The van der Waals surface area contributed by atoms with E-state index in [4.69, 9.17) is 13.9 Å². The van der Waals surface area contributed by atoms with Crippen LogP contribution in [0.1, 0.15) is 11.6 Å². The molecule has 0 aliphatic carbocycles. The second-order valence-electron chi connectivity index (χ2n) is 7.03. The third-order valence-electron chi connectivity index (χ3n) is 5.11. The van der Waals surface area contributed by atoms with Crippen LogP contribution in [0.3, 0.4) is 0 Å². The molecule has 0 unspecified atom stereocenters. The van der Waals surface area contributed by atoms with Crippen LogP contribution in [-0.2, 0) is 4.79 Å². The topological polar surface area (TPSA) is 77.7 Å². The largest absolute Gasteiger partial charge is 0.489 e. The van der Waals surface area contributed by atoms with Crippen LogP contribution in [0.25, 0.3) is 11.5 Å². The first-order chi connectivity index (χ1) is 15.3. The average molecular weight is 413 g/mol. The highest BCUT2D eigenvalue weighted by molar-refractivity contribution is 5.97. The first kappa shape index (κ1) is 18.9. The molecule has 7 nitrogen and oxygen atoms in total. The Morgan fingerprint density at radius 1 is 1.00 bits per heavy atom. The van der Waals surface area contributed by atoms with Gasteiger partial charge in [0.15, 0.2) is 6.61 Å². The van der Waals surface area contributed by atoms with Crippen LogP contribution in [0.2, 0.25) is 0 Å². The van der Waals surface area contributed by atoms with E-state index in [0.717, 1.165) is 16.8 Å². The third kappa shape index (κ3) is 3.85. The lowest BCUT2D eigenvalue weighted by Gasteiger charge is -2.37. The zero-order valence-electron chi connectivity index (χ0n) is 16.5. The molecule has 0 bridgehead atoms. The summed E-state index contributed by atoms with van der Waals surface area (Å²) in [4.78, 5) is 15.0. The number of rotatable bonds is 5. The molecular formula is C24H19N3O4. The van der Waals surface area contributed by atoms with Gasteiger partial charge in [-0.1, -0.05) is 42.5 Å². The number of anilines is 1. The van der Waals surface area contributed by atoms with Gasteiger partial charge >= 0.3 is 0 Å². The molecule has 1 aromatic heterocycles. The molecule has 7 heteroatoms. The minimum Gasteiger partial charge on any atom is -0.489 e. The first-order valence-corrected chi connectivity index (χ1v) is 9.88. The summed E-state index contributed by atoms with van der Waals surface area (Å²) in [6.07, 6.45) is 1.28. The van der Waals surface area contributed by atoms with Crippen molar-refractivity contribution in [3.8, 4) is 23.0 Å². The highest BCUT2D eigenvalue weighted by Gasteiger charge is 2.33. The third-order valence-corrected chi connectivity index (χ3v) is 5.11. The molecule has 4 aromatic rings. The smallest absolute Gasteiger partial charge is 0.265 e. The van der Waals surface area contributed by atoms with E-state index in [1.807, 2.05) is 66.7 Å². The van der Waals surface area contributed by atoms with Gasteiger partial charge in [0, 0.05) is 5.56 Å². The minimum absolute atomic E-state index is 0.0996. The Morgan fingerprint density at radius 3 is 2.55 bits per heavy atom. The number of fused-ring (bicyclic) bond motifs is 1. The van der Waals surface area contributed by atoms with Crippen LogP contribution in [0.5, 0.6) is 11.5 Å². The number of para-hydroxylation sites is 2. The van der Waals surface area contributed by atoms with Crippen LogP contribution < -0.4 is 14.4 Å². The van der Waals surface area contributed by atoms with E-state index < -0.39 is 0 Å². The monoisotopic (exact) mass is 413 g/mol. The van der Waals surface area contributed by atoms with Crippen molar-refractivity contribution >= 4 is 11.6 Å². The fourth-order valence-electron chi connectivity index (χ4n) is 3.63. The number of amides is 1. The fraction of sp³-hybridized carbons (Fsp3) is 0.125. The lowest BCUT2D eigenvalue weighted by molar-refractivity contribution is -0.121. The maximum Gasteiger partial charge on any atom is 0.265 e. The van der Waals surface area contributed by atoms with Crippen molar-refractivity contribution in [2.75, 3.05) is 18.1 Å². The summed E-state index contributed by atoms with van der Waals surface area (Å²) >= 11 is 0. The molecule has 1 atom stereocenters. The molecule has 1 aliphatic heterocycles. The molecule has 1 amide bonds. The highest BCUT2D eigenvalue weighted by atomic mass is 16.5. The standard InChI is InChI=1S/C24H19N3O4/c28-23(15-29-19-12-10-18(11-13-19)24-26-25-16-31-24)27-20-8-4-5-9-22(20)30-14-21(27)17-6-2-1-3-7-17/h1-13,16,21H,14-15H2/t21-/m1/s1. The van der Waals surface area contributed by atoms with Gasteiger partial charge < -0.3 is 13.9 Å². The summed E-state index contributed by atoms with van der Waals surface area (Å²) in [5.41, 5.74) is 2.53. The first-order valence-electron chi connectivity index (χ1n) is 9.88. The average Bonchev–Trinajstić information content (AvgIpc) is 3.38. The van der Waals surface area contributed by atoms with E-state index in [1.54, 1.807) is 17.0 Å². The number of aromatic nitrogens is 2. The number of ether oxygens (including phenoxy) is 2. The van der Waals surface area contributed by atoms with Gasteiger partial charge in [-0.2, -0.15) is 0 Å². The Bertz CT molecular complexity index is 1160. The molecule has 5 rings (SSSR count). The van der Waals surface area contributed by atoms with Gasteiger partial charge in [0.2, 0.25) is 12.3 Å². The van der Waals surface area contributed by atoms with Gasteiger partial charge in [0.1, 0.15) is 18.1 Å². The number of hydrogen-bond donors (Lipinski definition) is 0. The number of hydrogen-bond acceptors (Lipinski definition) is 6. The van der Waals surface area contributed by atoms with E-state index in [0.29, 0.717) is 24.0 Å². The van der Waals surface area contributed by atoms with E-state index in [9.17, 15) is 4.79 Å². The van der Waals surface area contributed by atoms with Gasteiger partial charge in [0.25, 0.3) is 5.91 Å². The number of carbonyl (C=O) groups excluding carboxylic acids is 1. The quantitative estimate of drug-likeness (QED) is 0.486. The summed E-state index contributed by atoms with van der Waals surface area (Å²) in [5, 5.41) is 7.55. The molecule has 0 radical (unpaired) electrons. The SMILES string of the molecule is O=C(COc1ccc(-c2nnco2)cc1)N1c2ccccc2OC[C@@H]1c1ccccc1. The summed E-state index contributed by atoms with van der Waals surface area (Å²) in [5.74, 6) is 1.55. The molecule has 0 saturated carbocycles. The summed E-state index contributed by atoms with van der Waals surface area (Å²) in [7, 11) is 0. The summed E-state index contributed by atoms with van der Waals surface area (Å²) in [6.45, 7) is 0.281. The number of carbonyl (C=O) groups is 1. The maximum atomic E-state index is 13.3. The normalized spacial score (nSPS) is 15.1. The van der Waals surface area contributed by atoms with E-state index in [-0.39, 0.29) is 18.6 Å². The molecule has 2 heterocycles. The van der Waals surface area contributed by atoms with Crippen molar-refractivity contribution in [2.24, 2.45) is 0 Å². The van der Waals surface area contributed by atoms with Crippen LogP contribution in [-0.4, -0.2) is 29.3 Å². The summed E-state index contributed by atoms with van der Waals surface area (Å²) < 4.78 is 16.9. The van der Waals surface area contributed by atoms with Crippen molar-refractivity contribution in [1.82, 2.24) is 10.2 Å².